The van der Waals surface area contributed by atoms with Crippen LogP contribution in [0.1, 0.15) is 48.0 Å². The molecule has 4 rings (SSSR count). The maximum Gasteiger partial charge on any atom is -0.147 e. The van der Waals surface area contributed by atoms with Gasteiger partial charge in [-0.15, -0.1) is 24.8 Å². The van der Waals surface area contributed by atoms with E-state index >= 15 is 0 Å². The summed E-state index contributed by atoms with van der Waals surface area (Å²) in [7, 11) is 0. The normalized spacial score (nSPS) is 19.1. The topological polar surface area (TPSA) is 0 Å². The van der Waals surface area contributed by atoms with Gasteiger partial charge < -0.3 is 0 Å². The quantitative estimate of drug-likeness (QED) is 0.249. The predicted molar refractivity (Wildman–Crippen MR) is 135 cm³/mol. The summed E-state index contributed by atoms with van der Waals surface area (Å²) in [6.07, 6.45) is 2.25. The molecule has 0 nitrogen and oxygen atoms in total. The predicted octanol–water partition coefficient (Wildman–Crippen LogP) is 8.56. The van der Waals surface area contributed by atoms with Crippen LogP contribution in [0.4, 0.5) is 13.2 Å². The summed E-state index contributed by atoms with van der Waals surface area (Å²) in [4.78, 5) is 0. The van der Waals surface area contributed by atoms with Crippen LogP contribution in [-0.2, 0) is 20.4 Å². The Kier molecular flexibility index (Phi) is 9.29. The van der Waals surface area contributed by atoms with Crippen molar-refractivity contribution in [1.82, 2.24) is 0 Å². The molecule has 0 fully saturated rings. The summed E-state index contributed by atoms with van der Waals surface area (Å²) in [6.45, 7) is 14.0. The third-order valence-corrected chi connectivity index (χ3v) is 25.6. The molecule has 0 spiro atoms. The molecule has 2 aliphatic carbocycles. The van der Waals surface area contributed by atoms with Gasteiger partial charge in [0.15, 0.2) is 0 Å². The third-order valence-electron chi connectivity index (χ3n) is 6.99. The smallest absolute Gasteiger partial charge is 0.147 e. The first-order valence-electron chi connectivity index (χ1n) is 10.7. The van der Waals surface area contributed by atoms with Crippen LogP contribution in [0.25, 0.3) is 5.57 Å². The van der Waals surface area contributed by atoms with Crippen molar-refractivity contribution in [1.29, 1.82) is 0 Å². The Hall–Kier alpha value is -0.870. The molecular formula is C26H29Cl2F3SiZr. The molecule has 0 radical (unpaired) electrons. The van der Waals surface area contributed by atoms with Crippen LogP contribution in [0, 0.1) is 23.4 Å². The second kappa shape index (κ2) is 10.8. The molecule has 176 valence electrons. The maximum absolute atomic E-state index is 14.0. The molecule has 0 N–H and O–H groups in total. The van der Waals surface area contributed by atoms with E-state index in [0.717, 1.165) is 23.3 Å². The molecule has 0 aliphatic heterocycles. The van der Waals surface area contributed by atoms with E-state index in [0.29, 0.717) is 15.1 Å². The van der Waals surface area contributed by atoms with Gasteiger partial charge in [-0.25, -0.2) is 0 Å². The van der Waals surface area contributed by atoms with Crippen molar-refractivity contribution in [2.45, 2.75) is 44.4 Å². The van der Waals surface area contributed by atoms with Gasteiger partial charge in [0.05, 0.1) is 0 Å². The molecule has 0 amide bonds. The minimum absolute atomic E-state index is 0. The molecule has 2 aliphatic rings. The number of benzene rings is 2. The van der Waals surface area contributed by atoms with Gasteiger partial charge in [-0.1, -0.05) is 0 Å². The van der Waals surface area contributed by atoms with Crippen molar-refractivity contribution in [3.8, 4) is 0 Å². The average molecular weight is 589 g/mol. The fraction of sp³-hybridized carbons (Fsp3) is 0.308. The van der Waals surface area contributed by atoms with E-state index in [4.69, 9.17) is 0 Å². The Morgan fingerprint density at radius 1 is 0.879 bits per heavy atom. The molecule has 2 aromatic carbocycles. The largest absolute Gasteiger partial charge is 0.147 e. The second-order valence-electron chi connectivity index (χ2n) is 8.88. The zero-order valence-corrected chi connectivity index (χ0v) is 24.7. The van der Waals surface area contributed by atoms with Gasteiger partial charge in [0, 0.05) is 0 Å². The van der Waals surface area contributed by atoms with Crippen LogP contribution >= 0.6 is 24.8 Å². The molecule has 0 saturated heterocycles. The molecule has 0 bridgehead atoms. The first-order chi connectivity index (χ1) is 14.6. The summed E-state index contributed by atoms with van der Waals surface area (Å²) in [6, 6.07) is 10.5. The van der Waals surface area contributed by atoms with Crippen LogP contribution in [0.15, 0.2) is 62.5 Å². The van der Waals surface area contributed by atoms with Gasteiger partial charge >= 0.3 is 191 Å². The van der Waals surface area contributed by atoms with E-state index in [1.165, 1.54) is 22.3 Å². The number of fused-ring (bicyclic) bond motifs is 1. The number of rotatable bonds is 3. The molecule has 2 unspecified atom stereocenters. The molecule has 33 heavy (non-hydrogen) atoms. The van der Waals surface area contributed by atoms with Crippen LogP contribution < -0.4 is 0 Å². The van der Waals surface area contributed by atoms with Crippen molar-refractivity contribution >= 4 is 35.8 Å². The number of halogens is 5. The van der Waals surface area contributed by atoms with Gasteiger partial charge in [-0.3, -0.25) is 0 Å². The summed E-state index contributed by atoms with van der Waals surface area (Å²) in [5.41, 5.74) is 7.39. The Bertz CT molecular complexity index is 1220. The van der Waals surface area contributed by atoms with Gasteiger partial charge in [-0.2, -0.15) is 0 Å². The Morgan fingerprint density at radius 2 is 1.45 bits per heavy atom. The first-order valence-corrected chi connectivity index (χ1v) is 19.5. The maximum atomic E-state index is 14.0. The van der Waals surface area contributed by atoms with Crippen LogP contribution in [0.2, 0.25) is 13.1 Å². The minimum atomic E-state index is -2.18. The van der Waals surface area contributed by atoms with Crippen LogP contribution in [0.3, 0.4) is 0 Å². The zero-order valence-electron chi connectivity index (χ0n) is 19.6. The Labute approximate surface area is 215 Å². The average Bonchev–Trinajstić information content (AvgIpc) is 3.19. The molecular weight excluding hydrogens is 559 g/mol. The summed E-state index contributed by atoms with van der Waals surface area (Å²) >= 11 is -2.18. The molecule has 0 heterocycles. The number of allylic oxidation sites excluding steroid dienone is 5. The minimum Gasteiger partial charge on any atom is -0.147 e. The zero-order chi connectivity index (χ0) is 22.6. The van der Waals surface area contributed by atoms with E-state index in [9.17, 15) is 13.2 Å². The summed E-state index contributed by atoms with van der Waals surface area (Å²) < 4.78 is 43.7. The standard InChI is InChI=1S/C15H8F3.C9H13.C2H6Si.2ClH.Zr/c16-13-7-10(8-14(17)15(13)18)12-6-5-9-3-1-2-4-11(9)12;1-6-5-7(2)9(4)8(6)3;1-3-2;;;/h1-8H;6H,1-4H3;1-2H3;2*1H;. The van der Waals surface area contributed by atoms with Crippen LogP contribution in [0.5, 0.6) is 0 Å². The van der Waals surface area contributed by atoms with Gasteiger partial charge in [-0.05, 0) is 0 Å². The van der Waals surface area contributed by atoms with Crippen molar-refractivity contribution in [2.75, 3.05) is 0 Å². The number of hydrogen-bond donors (Lipinski definition) is 0. The van der Waals surface area contributed by atoms with Crippen molar-refractivity contribution in [3.05, 3.63) is 96.6 Å². The molecule has 0 saturated carbocycles. The van der Waals surface area contributed by atoms with Crippen molar-refractivity contribution < 1.29 is 33.5 Å². The van der Waals surface area contributed by atoms with Crippen molar-refractivity contribution in [2.24, 2.45) is 5.92 Å². The van der Waals surface area contributed by atoms with E-state index < -0.39 is 43.3 Å². The van der Waals surface area contributed by atoms with Gasteiger partial charge in [0.2, 0.25) is 0 Å². The van der Waals surface area contributed by atoms with E-state index in [1.807, 2.05) is 12.1 Å². The van der Waals surface area contributed by atoms with E-state index in [-0.39, 0.29) is 24.8 Å². The third kappa shape index (κ3) is 4.81. The first kappa shape index (κ1) is 28.4. The summed E-state index contributed by atoms with van der Waals surface area (Å²) in [5.74, 6) is -3.19. The molecule has 7 heteroatoms. The van der Waals surface area contributed by atoms with E-state index in [2.05, 4.69) is 59.0 Å². The summed E-state index contributed by atoms with van der Waals surface area (Å²) in [5, 5.41) is 0. The Balaban J connectivity index is 0.00000193. The van der Waals surface area contributed by atoms with Gasteiger partial charge in [0.25, 0.3) is 0 Å². The SMILES string of the molecule is CC1=C(C)C(C)[C]([Zr]([CH]2C=C(c3cc(F)c(F)c(F)c3)c3ccccc32)=[Si](C)C)=C1C.Cl.Cl. The molecule has 2 aromatic rings. The fourth-order valence-electron chi connectivity index (χ4n) is 5.11. The molecule has 0 aromatic heterocycles. The fourth-order valence-corrected chi connectivity index (χ4v) is 24.8. The van der Waals surface area contributed by atoms with Crippen molar-refractivity contribution in [3.63, 3.8) is 0 Å². The monoisotopic (exact) mass is 586 g/mol. The Morgan fingerprint density at radius 3 is 1.97 bits per heavy atom. The number of hydrogen-bond acceptors (Lipinski definition) is 0. The second-order valence-corrected chi connectivity index (χ2v) is 26.3. The molecule has 2 atom stereocenters. The van der Waals surface area contributed by atoms with Gasteiger partial charge in [0.1, 0.15) is 0 Å². The van der Waals surface area contributed by atoms with Crippen LogP contribution in [-0.4, -0.2) is 5.43 Å². The van der Waals surface area contributed by atoms with E-state index in [1.54, 1.807) is 3.28 Å².